The molecule has 0 aliphatic heterocycles. The molecule has 0 fully saturated rings. The average Bonchev–Trinajstić information content (AvgIpc) is 2.31. The SMILES string of the molecule is CCOP(=O)(OCC)[C@@H](O)Cc1ccccc1. The van der Waals surface area contributed by atoms with E-state index in [1.54, 1.807) is 13.8 Å². The number of hydrogen-bond acceptors (Lipinski definition) is 4. The van der Waals surface area contributed by atoms with Crippen molar-refractivity contribution in [2.24, 2.45) is 0 Å². The van der Waals surface area contributed by atoms with Gasteiger partial charge in [-0.25, -0.2) is 0 Å². The third kappa shape index (κ3) is 4.25. The van der Waals surface area contributed by atoms with Gasteiger partial charge in [0, 0.05) is 6.42 Å². The Morgan fingerprint density at radius 1 is 1.18 bits per heavy atom. The van der Waals surface area contributed by atoms with Crippen LogP contribution in [0.2, 0.25) is 0 Å². The first kappa shape index (κ1) is 14.4. The second-order valence-corrected chi connectivity index (χ2v) is 5.74. The van der Waals surface area contributed by atoms with Crippen LogP contribution in [0.4, 0.5) is 0 Å². The Hall–Kier alpha value is -0.670. The molecule has 0 radical (unpaired) electrons. The number of hydrogen-bond donors (Lipinski definition) is 1. The van der Waals surface area contributed by atoms with Gasteiger partial charge in [-0.1, -0.05) is 30.3 Å². The Balaban J connectivity index is 2.72. The summed E-state index contributed by atoms with van der Waals surface area (Å²) in [5, 5.41) is 9.97. The van der Waals surface area contributed by atoms with E-state index in [2.05, 4.69) is 0 Å². The molecule has 0 unspecified atom stereocenters. The zero-order valence-corrected chi connectivity index (χ0v) is 11.1. The van der Waals surface area contributed by atoms with Gasteiger partial charge in [0.05, 0.1) is 13.2 Å². The zero-order chi connectivity index (χ0) is 12.7. The lowest BCUT2D eigenvalue weighted by molar-refractivity contribution is 0.149. The molecular formula is C12H19O4P. The van der Waals surface area contributed by atoms with Crippen molar-refractivity contribution in [1.82, 2.24) is 0 Å². The minimum Gasteiger partial charge on any atom is -0.380 e. The third-order valence-electron chi connectivity index (χ3n) is 2.24. The lowest BCUT2D eigenvalue weighted by Crippen LogP contribution is -2.15. The van der Waals surface area contributed by atoms with Crippen molar-refractivity contribution in [2.75, 3.05) is 13.2 Å². The standard InChI is InChI=1S/C12H19O4P/c1-3-15-17(14,16-4-2)12(13)10-11-8-6-5-7-9-11/h5-9,12-13H,3-4,10H2,1-2H3/t12-/m1/s1. The maximum atomic E-state index is 12.2. The molecule has 0 bridgehead atoms. The molecule has 1 rings (SSSR count). The Morgan fingerprint density at radius 3 is 2.18 bits per heavy atom. The van der Waals surface area contributed by atoms with Gasteiger partial charge in [-0.3, -0.25) is 4.57 Å². The zero-order valence-electron chi connectivity index (χ0n) is 10.2. The van der Waals surface area contributed by atoms with E-state index in [-0.39, 0.29) is 19.6 Å². The molecule has 0 aliphatic carbocycles. The van der Waals surface area contributed by atoms with Crippen LogP contribution in [0.15, 0.2) is 30.3 Å². The summed E-state index contributed by atoms with van der Waals surface area (Å²) in [4.78, 5) is 0. The summed E-state index contributed by atoms with van der Waals surface area (Å²) in [6, 6.07) is 9.36. The molecule has 17 heavy (non-hydrogen) atoms. The third-order valence-corrected chi connectivity index (χ3v) is 4.39. The van der Waals surface area contributed by atoms with E-state index in [1.165, 1.54) is 0 Å². The summed E-state index contributed by atoms with van der Waals surface area (Å²) in [6.45, 7) is 3.95. The summed E-state index contributed by atoms with van der Waals surface area (Å²) in [6.07, 6.45) is 0.262. The number of aliphatic hydroxyl groups is 1. The van der Waals surface area contributed by atoms with Crippen molar-refractivity contribution < 1.29 is 18.7 Å². The van der Waals surface area contributed by atoms with E-state index < -0.39 is 13.4 Å². The highest BCUT2D eigenvalue weighted by Crippen LogP contribution is 2.52. The van der Waals surface area contributed by atoms with Gasteiger partial charge in [0.1, 0.15) is 0 Å². The summed E-state index contributed by atoms with van der Waals surface area (Å²) in [5.41, 5.74) is 0.902. The molecule has 0 saturated carbocycles. The van der Waals surface area contributed by atoms with Crippen LogP contribution in [-0.4, -0.2) is 24.2 Å². The molecule has 0 heterocycles. The van der Waals surface area contributed by atoms with Crippen LogP contribution in [0.25, 0.3) is 0 Å². The van der Waals surface area contributed by atoms with E-state index in [1.807, 2.05) is 30.3 Å². The smallest absolute Gasteiger partial charge is 0.359 e. The summed E-state index contributed by atoms with van der Waals surface area (Å²) >= 11 is 0. The molecule has 5 heteroatoms. The monoisotopic (exact) mass is 258 g/mol. The number of aliphatic hydroxyl groups excluding tert-OH is 1. The first-order valence-corrected chi connectivity index (χ1v) is 7.34. The Labute approximate surface area is 102 Å². The van der Waals surface area contributed by atoms with Gasteiger partial charge in [-0.2, -0.15) is 0 Å². The van der Waals surface area contributed by atoms with Crippen LogP contribution < -0.4 is 0 Å². The highest BCUT2D eigenvalue weighted by atomic mass is 31.2. The summed E-state index contributed by atoms with van der Waals surface area (Å²) in [7, 11) is -3.42. The van der Waals surface area contributed by atoms with E-state index in [4.69, 9.17) is 9.05 Å². The van der Waals surface area contributed by atoms with E-state index in [0.29, 0.717) is 0 Å². The summed E-state index contributed by atoms with van der Waals surface area (Å²) in [5.74, 6) is -1.12. The Kier molecular flexibility index (Phi) is 5.86. The molecule has 0 saturated heterocycles. The number of benzene rings is 1. The first-order chi connectivity index (χ1) is 8.12. The Morgan fingerprint density at radius 2 is 1.71 bits per heavy atom. The Bertz CT molecular complexity index is 356. The maximum absolute atomic E-state index is 12.2. The second-order valence-electron chi connectivity index (χ2n) is 3.55. The fourth-order valence-corrected chi connectivity index (χ4v) is 3.08. The minimum atomic E-state index is -3.42. The fraction of sp³-hybridized carbons (Fsp3) is 0.500. The van der Waals surface area contributed by atoms with Crippen LogP contribution >= 0.6 is 7.60 Å². The molecule has 1 aromatic rings. The van der Waals surface area contributed by atoms with Crippen molar-refractivity contribution >= 4 is 7.60 Å². The van der Waals surface area contributed by atoms with E-state index >= 15 is 0 Å². The fourth-order valence-electron chi connectivity index (χ4n) is 1.51. The molecule has 1 atom stereocenters. The van der Waals surface area contributed by atoms with Crippen LogP contribution in [0.5, 0.6) is 0 Å². The topological polar surface area (TPSA) is 55.8 Å². The van der Waals surface area contributed by atoms with Gasteiger partial charge in [0.15, 0.2) is 5.85 Å². The molecule has 0 spiro atoms. The summed E-state index contributed by atoms with van der Waals surface area (Å²) < 4.78 is 22.4. The van der Waals surface area contributed by atoms with Gasteiger partial charge in [0.2, 0.25) is 0 Å². The van der Waals surface area contributed by atoms with Crippen molar-refractivity contribution in [3.63, 3.8) is 0 Å². The minimum absolute atomic E-state index is 0.253. The second kappa shape index (κ2) is 6.92. The van der Waals surface area contributed by atoms with Gasteiger partial charge < -0.3 is 14.2 Å². The van der Waals surface area contributed by atoms with Gasteiger partial charge in [-0.15, -0.1) is 0 Å². The van der Waals surface area contributed by atoms with E-state index in [0.717, 1.165) is 5.56 Å². The van der Waals surface area contributed by atoms with Gasteiger partial charge in [0.25, 0.3) is 0 Å². The predicted molar refractivity (Wildman–Crippen MR) is 67.0 cm³/mol. The van der Waals surface area contributed by atoms with Crippen LogP contribution in [0, 0.1) is 0 Å². The van der Waals surface area contributed by atoms with Crippen LogP contribution in [-0.2, 0) is 20.0 Å². The highest BCUT2D eigenvalue weighted by Gasteiger charge is 2.33. The molecule has 1 N–H and O–H groups in total. The lowest BCUT2D eigenvalue weighted by atomic mass is 10.2. The quantitative estimate of drug-likeness (QED) is 0.764. The molecule has 1 aromatic carbocycles. The van der Waals surface area contributed by atoms with E-state index in [9.17, 15) is 9.67 Å². The van der Waals surface area contributed by atoms with Crippen LogP contribution in [0.3, 0.4) is 0 Å². The van der Waals surface area contributed by atoms with Crippen molar-refractivity contribution in [3.8, 4) is 0 Å². The van der Waals surface area contributed by atoms with Gasteiger partial charge >= 0.3 is 7.60 Å². The van der Waals surface area contributed by atoms with Crippen molar-refractivity contribution in [3.05, 3.63) is 35.9 Å². The molecule has 0 aromatic heterocycles. The van der Waals surface area contributed by atoms with Crippen LogP contribution in [0.1, 0.15) is 19.4 Å². The largest absolute Gasteiger partial charge is 0.380 e. The molecule has 4 nitrogen and oxygen atoms in total. The molecule has 0 aliphatic rings. The molecular weight excluding hydrogens is 239 g/mol. The molecule has 0 amide bonds. The normalized spacial score (nSPS) is 13.6. The van der Waals surface area contributed by atoms with Crippen molar-refractivity contribution in [2.45, 2.75) is 26.1 Å². The van der Waals surface area contributed by atoms with Gasteiger partial charge in [-0.05, 0) is 19.4 Å². The highest BCUT2D eigenvalue weighted by molar-refractivity contribution is 7.54. The first-order valence-electron chi connectivity index (χ1n) is 5.73. The maximum Gasteiger partial charge on any atom is 0.359 e. The lowest BCUT2D eigenvalue weighted by Gasteiger charge is -2.22. The number of rotatable bonds is 7. The predicted octanol–water partition coefficient (Wildman–Crippen LogP) is 2.81. The average molecular weight is 258 g/mol. The molecule has 96 valence electrons. The van der Waals surface area contributed by atoms with Crippen molar-refractivity contribution in [1.29, 1.82) is 0 Å².